The van der Waals surface area contributed by atoms with Gasteiger partial charge in [-0.1, -0.05) is 6.07 Å². The number of nitrogens with two attached hydrogens (primary N) is 1. The van der Waals surface area contributed by atoms with E-state index in [1.54, 1.807) is 6.07 Å². The van der Waals surface area contributed by atoms with Crippen LogP contribution >= 0.6 is 0 Å². The highest BCUT2D eigenvalue weighted by Gasteiger charge is 2.12. The molecule has 0 saturated heterocycles. The Morgan fingerprint density at radius 1 is 1.19 bits per heavy atom. The van der Waals surface area contributed by atoms with Gasteiger partial charge in [-0.3, -0.25) is 4.79 Å². The van der Waals surface area contributed by atoms with Crippen molar-refractivity contribution in [2.24, 2.45) is 0 Å². The molecular weight excluding hydrogens is 278 g/mol. The van der Waals surface area contributed by atoms with Crippen molar-refractivity contribution >= 4 is 11.6 Å². The standard InChI is InChI=1S/C15H14F2N2O2/c16-10-6-9(7-11(17)8-10)4-5-19-15(21)12-2-1-3-13(18)14(12)20/h1-3,6-8,20H,4-5,18H2,(H,19,21). The van der Waals surface area contributed by atoms with Crippen LogP contribution in [0.25, 0.3) is 0 Å². The van der Waals surface area contributed by atoms with Crippen molar-refractivity contribution in [2.75, 3.05) is 12.3 Å². The molecule has 0 radical (unpaired) electrons. The molecule has 0 unspecified atom stereocenters. The largest absolute Gasteiger partial charge is 0.505 e. The Bertz CT molecular complexity index is 654. The Morgan fingerprint density at radius 3 is 2.52 bits per heavy atom. The summed E-state index contributed by atoms with van der Waals surface area (Å²) in [6.07, 6.45) is 0.267. The second kappa shape index (κ2) is 6.21. The van der Waals surface area contributed by atoms with E-state index in [1.807, 2.05) is 0 Å². The third-order valence-electron chi connectivity index (χ3n) is 2.93. The highest BCUT2D eigenvalue weighted by Crippen LogP contribution is 2.24. The molecule has 0 bridgehead atoms. The van der Waals surface area contributed by atoms with Gasteiger partial charge < -0.3 is 16.2 Å². The van der Waals surface area contributed by atoms with Gasteiger partial charge in [-0.15, -0.1) is 0 Å². The lowest BCUT2D eigenvalue weighted by Crippen LogP contribution is -2.26. The number of hydrogen-bond acceptors (Lipinski definition) is 3. The number of carbonyl (C=O) groups excluding carboxylic acids is 1. The van der Waals surface area contributed by atoms with E-state index in [0.717, 1.165) is 6.07 Å². The van der Waals surface area contributed by atoms with Gasteiger partial charge in [-0.05, 0) is 36.2 Å². The maximum absolute atomic E-state index is 13.0. The van der Waals surface area contributed by atoms with Crippen LogP contribution in [0.1, 0.15) is 15.9 Å². The molecule has 2 aromatic rings. The molecule has 4 N–H and O–H groups in total. The van der Waals surface area contributed by atoms with E-state index in [2.05, 4.69) is 5.32 Å². The van der Waals surface area contributed by atoms with Crippen LogP contribution in [0.3, 0.4) is 0 Å². The molecule has 0 aliphatic heterocycles. The number of para-hydroxylation sites is 1. The number of nitrogen functional groups attached to an aromatic ring is 1. The predicted molar refractivity (Wildman–Crippen MR) is 74.9 cm³/mol. The van der Waals surface area contributed by atoms with E-state index in [4.69, 9.17) is 5.73 Å². The minimum Gasteiger partial charge on any atom is -0.505 e. The molecule has 1 amide bonds. The molecule has 2 rings (SSSR count). The monoisotopic (exact) mass is 292 g/mol. The predicted octanol–water partition coefficient (Wildman–Crippen LogP) is 2.23. The number of hydrogen-bond donors (Lipinski definition) is 3. The highest BCUT2D eigenvalue weighted by atomic mass is 19.1. The Labute approximate surface area is 120 Å². The molecule has 21 heavy (non-hydrogen) atoms. The van der Waals surface area contributed by atoms with E-state index >= 15 is 0 Å². The molecule has 0 fully saturated rings. The second-order valence-electron chi connectivity index (χ2n) is 4.53. The lowest BCUT2D eigenvalue weighted by Gasteiger charge is -2.08. The van der Waals surface area contributed by atoms with Crippen LogP contribution in [-0.2, 0) is 6.42 Å². The lowest BCUT2D eigenvalue weighted by molar-refractivity contribution is 0.0951. The summed E-state index contributed by atoms with van der Waals surface area (Å²) in [6.45, 7) is 0.177. The Morgan fingerprint density at radius 2 is 1.86 bits per heavy atom. The number of benzene rings is 2. The second-order valence-corrected chi connectivity index (χ2v) is 4.53. The Kier molecular flexibility index (Phi) is 4.37. The van der Waals surface area contributed by atoms with Crippen molar-refractivity contribution in [2.45, 2.75) is 6.42 Å². The number of amides is 1. The quantitative estimate of drug-likeness (QED) is 0.597. The van der Waals surface area contributed by atoms with Crippen LogP contribution in [0.15, 0.2) is 36.4 Å². The van der Waals surface area contributed by atoms with Crippen molar-refractivity contribution in [1.29, 1.82) is 0 Å². The summed E-state index contributed by atoms with van der Waals surface area (Å²) < 4.78 is 26.0. The molecule has 0 aliphatic rings. The van der Waals surface area contributed by atoms with Crippen LogP contribution in [0.4, 0.5) is 14.5 Å². The average Bonchev–Trinajstić information content (AvgIpc) is 2.40. The molecular formula is C15H14F2N2O2. The molecule has 2 aromatic carbocycles. The number of nitrogens with one attached hydrogen (secondary N) is 1. The van der Waals surface area contributed by atoms with Gasteiger partial charge in [0.25, 0.3) is 5.91 Å². The SMILES string of the molecule is Nc1cccc(C(=O)NCCc2cc(F)cc(F)c2)c1O. The lowest BCUT2D eigenvalue weighted by atomic mass is 10.1. The third-order valence-corrected chi connectivity index (χ3v) is 2.93. The normalized spacial score (nSPS) is 10.4. The van der Waals surface area contributed by atoms with E-state index in [0.29, 0.717) is 5.56 Å². The topological polar surface area (TPSA) is 75.4 Å². The zero-order valence-electron chi connectivity index (χ0n) is 11.1. The van der Waals surface area contributed by atoms with Crippen LogP contribution in [0.5, 0.6) is 5.75 Å². The van der Waals surface area contributed by atoms with Crippen LogP contribution in [-0.4, -0.2) is 17.6 Å². The first-order valence-corrected chi connectivity index (χ1v) is 6.28. The van der Waals surface area contributed by atoms with Gasteiger partial charge in [0.2, 0.25) is 0 Å². The Balaban J connectivity index is 1.97. The number of carbonyl (C=O) groups is 1. The number of halogens is 2. The minimum absolute atomic E-state index is 0.0559. The summed E-state index contributed by atoms with van der Waals surface area (Å²) in [5.41, 5.74) is 6.10. The summed E-state index contributed by atoms with van der Waals surface area (Å²) >= 11 is 0. The number of phenolic OH excluding ortho intramolecular Hbond substituents is 1. The van der Waals surface area contributed by atoms with Crippen LogP contribution in [0, 0.1) is 11.6 Å². The number of rotatable bonds is 4. The van der Waals surface area contributed by atoms with Crippen molar-refractivity contribution < 1.29 is 18.7 Å². The van der Waals surface area contributed by atoms with Crippen LogP contribution in [0.2, 0.25) is 0 Å². The van der Waals surface area contributed by atoms with Gasteiger partial charge in [0.05, 0.1) is 11.3 Å². The van der Waals surface area contributed by atoms with Gasteiger partial charge in [-0.2, -0.15) is 0 Å². The summed E-state index contributed by atoms with van der Waals surface area (Å²) in [4.78, 5) is 11.9. The maximum Gasteiger partial charge on any atom is 0.255 e. The van der Waals surface area contributed by atoms with Crippen LogP contribution < -0.4 is 11.1 Å². The molecule has 0 heterocycles. The number of anilines is 1. The van der Waals surface area contributed by atoms with Crippen molar-refractivity contribution in [3.05, 3.63) is 59.2 Å². The third kappa shape index (κ3) is 3.68. The van der Waals surface area contributed by atoms with Gasteiger partial charge in [0, 0.05) is 12.6 Å². The highest BCUT2D eigenvalue weighted by molar-refractivity contribution is 5.98. The van der Waals surface area contributed by atoms with Gasteiger partial charge in [0.15, 0.2) is 5.75 Å². The van der Waals surface area contributed by atoms with E-state index in [-0.39, 0.29) is 30.0 Å². The first-order chi connectivity index (χ1) is 9.97. The van der Waals surface area contributed by atoms with E-state index in [9.17, 15) is 18.7 Å². The number of phenols is 1. The molecule has 0 aromatic heterocycles. The molecule has 0 spiro atoms. The molecule has 4 nitrogen and oxygen atoms in total. The zero-order valence-corrected chi connectivity index (χ0v) is 11.1. The summed E-state index contributed by atoms with van der Waals surface area (Å²) in [7, 11) is 0. The number of aromatic hydroxyl groups is 1. The van der Waals surface area contributed by atoms with Gasteiger partial charge >= 0.3 is 0 Å². The van der Waals surface area contributed by atoms with Crippen molar-refractivity contribution in [3.8, 4) is 5.75 Å². The van der Waals surface area contributed by atoms with Crippen molar-refractivity contribution in [3.63, 3.8) is 0 Å². The zero-order chi connectivity index (χ0) is 15.4. The molecule has 110 valence electrons. The smallest absolute Gasteiger partial charge is 0.255 e. The summed E-state index contributed by atoms with van der Waals surface area (Å²) in [5.74, 6) is -2.11. The summed E-state index contributed by atoms with van der Waals surface area (Å²) in [5, 5.41) is 12.2. The summed E-state index contributed by atoms with van der Waals surface area (Å²) in [6, 6.07) is 7.64. The maximum atomic E-state index is 13.0. The Hall–Kier alpha value is -2.63. The minimum atomic E-state index is -0.662. The van der Waals surface area contributed by atoms with E-state index in [1.165, 1.54) is 24.3 Å². The molecule has 0 saturated carbocycles. The first kappa shape index (κ1) is 14.8. The molecule has 0 atom stereocenters. The fourth-order valence-corrected chi connectivity index (χ4v) is 1.92. The van der Waals surface area contributed by atoms with E-state index < -0.39 is 17.5 Å². The van der Waals surface area contributed by atoms with Gasteiger partial charge in [-0.25, -0.2) is 8.78 Å². The fraction of sp³-hybridized carbons (Fsp3) is 0.133. The molecule has 6 heteroatoms. The van der Waals surface area contributed by atoms with Gasteiger partial charge in [0.1, 0.15) is 11.6 Å². The first-order valence-electron chi connectivity index (χ1n) is 6.28. The average molecular weight is 292 g/mol. The fourth-order valence-electron chi connectivity index (χ4n) is 1.92. The molecule has 0 aliphatic carbocycles. The van der Waals surface area contributed by atoms with Crippen molar-refractivity contribution in [1.82, 2.24) is 5.32 Å².